The normalized spacial score (nSPS) is 11.5. The molecule has 0 aliphatic heterocycles. The topological polar surface area (TPSA) is 17.1 Å². The van der Waals surface area contributed by atoms with Crippen LogP contribution in [0.5, 0.6) is 0 Å². The SMILES string of the molecule is O=C(Cc1ccc(I)cc1)c1cc(C(F)(F)F)ccc1F. The van der Waals surface area contributed by atoms with Crippen LogP contribution in [0.15, 0.2) is 42.5 Å². The van der Waals surface area contributed by atoms with E-state index in [9.17, 15) is 22.4 Å². The first-order valence-corrected chi connectivity index (χ1v) is 6.99. The lowest BCUT2D eigenvalue weighted by molar-refractivity contribution is -0.137. The van der Waals surface area contributed by atoms with E-state index in [-0.39, 0.29) is 6.42 Å². The summed E-state index contributed by atoms with van der Waals surface area (Å²) in [5, 5.41) is 0. The van der Waals surface area contributed by atoms with Crippen LogP contribution in [0.3, 0.4) is 0 Å². The number of rotatable bonds is 3. The lowest BCUT2D eigenvalue weighted by Crippen LogP contribution is -2.11. The van der Waals surface area contributed by atoms with Gasteiger partial charge in [0.05, 0.1) is 11.1 Å². The average Bonchev–Trinajstić information content (AvgIpc) is 2.40. The first-order valence-electron chi connectivity index (χ1n) is 5.92. The Kier molecular flexibility index (Phi) is 4.65. The van der Waals surface area contributed by atoms with Crippen molar-refractivity contribution in [2.45, 2.75) is 12.6 Å². The molecule has 6 heteroatoms. The fourth-order valence-electron chi connectivity index (χ4n) is 1.80. The Morgan fingerprint density at radius 2 is 1.67 bits per heavy atom. The molecule has 0 radical (unpaired) electrons. The molecule has 0 heterocycles. The van der Waals surface area contributed by atoms with E-state index in [4.69, 9.17) is 0 Å². The van der Waals surface area contributed by atoms with Crippen LogP contribution >= 0.6 is 22.6 Å². The summed E-state index contributed by atoms with van der Waals surface area (Å²) < 4.78 is 52.4. The molecule has 0 fully saturated rings. The highest BCUT2D eigenvalue weighted by Crippen LogP contribution is 2.30. The zero-order valence-electron chi connectivity index (χ0n) is 10.5. The molecular formula is C15H9F4IO. The van der Waals surface area contributed by atoms with Crippen molar-refractivity contribution < 1.29 is 22.4 Å². The molecule has 0 aromatic heterocycles. The van der Waals surface area contributed by atoms with Gasteiger partial charge in [0, 0.05) is 9.99 Å². The average molecular weight is 408 g/mol. The van der Waals surface area contributed by atoms with E-state index < -0.39 is 28.9 Å². The molecule has 2 aromatic carbocycles. The van der Waals surface area contributed by atoms with Gasteiger partial charge < -0.3 is 0 Å². The van der Waals surface area contributed by atoms with E-state index in [1.807, 2.05) is 0 Å². The highest BCUT2D eigenvalue weighted by Gasteiger charge is 2.31. The summed E-state index contributed by atoms with van der Waals surface area (Å²) in [6, 6.07) is 8.76. The Labute approximate surface area is 132 Å². The van der Waals surface area contributed by atoms with Crippen molar-refractivity contribution in [1.29, 1.82) is 0 Å². The molecule has 1 nitrogen and oxygen atoms in total. The largest absolute Gasteiger partial charge is 0.416 e. The Hall–Kier alpha value is -1.44. The molecule has 0 bridgehead atoms. The maximum atomic E-state index is 13.6. The van der Waals surface area contributed by atoms with E-state index in [1.165, 1.54) is 0 Å². The molecule has 0 N–H and O–H groups in total. The Morgan fingerprint density at radius 1 is 1.05 bits per heavy atom. The summed E-state index contributed by atoms with van der Waals surface area (Å²) in [5.41, 5.74) is -0.949. The molecule has 0 unspecified atom stereocenters. The number of benzene rings is 2. The van der Waals surface area contributed by atoms with Gasteiger partial charge in [0.25, 0.3) is 0 Å². The van der Waals surface area contributed by atoms with Gasteiger partial charge in [-0.1, -0.05) is 12.1 Å². The first-order chi connectivity index (χ1) is 9.77. The minimum Gasteiger partial charge on any atom is -0.294 e. The molecule has 0 saturated heterocycles. The Morgan fingerprint density at radius 3 is 2.24 bits per heavy atom. The minimum atomic E-state index is -4.61. The van der Waals surface area contributed by atoms with Gasteiger partial charge >= 0.3 is 6.18 Å². The van der Waals surface area contributed by atoms with Gasteiger partial charge in [-0.2, -0.15) is 13.2 Å². The van der Waals surface area contributed by atoms with E-state index in [0.29, 0.717) is 23.8 Å². The minimum absolute atomic E-state index is 0.144. The first kappa shape index (κ1) is 15.9. The van der Waals surface area contributed by atoms with Crippen LogP contribution in [0.2, 0.25) is 0 Å². The fraction of sp³-hybridized carbons (Fsp3) is 0.133. The second kappa shape index (κ2) is 6.13. The van der Waals surface area contributed by atoms with Gasteiger partial charge in [0.1, 0.15) is 5.82 Å². The second-order valence-electron chi connectivity index (χ2n) is 4.42. The quantitative estimate of drug-likeness (QED) is 0.402. The van der Waals surface area contributed by atoms with Gasteiger partial charge in [-0.3, -0.25) is 4.79 Å². The van der Waals surface area contributed by atoms with E-state index in [2.05, 4.69) is 22.6 Å². The number of carbonyl (C=O) groups excluding carboxylic acids is 1. The Balaban J connectivity index is 2.28. The van der Waals surface area contributed by atoms with Crippen molar-refractivity contribution in [2.24, 2.45) is 0 Å². The van der Waals surface area contributed by atoms with E-state index >= 15 is 0 Å². The van der Waals surface area contributed by atoms with Crippen molar-refractivity contribution >= 4 is 28.4 Å². The van der Waals surface area contributed by atoms with Crippen molar-refractivity contribution in [3.05, 3.63) is 68.5 Å². The standard InChI is InChI=1S/C15H9F4IO/c16-13-6-3-10(15(17,18)19)8-12(13)14(21)7-9-1-4-11(20)5-2-9/h1-6,8H,7H2. The molecule has 0 atom stereocenters. The van der Waals surface area contributed by atoms with Gasteiger partial charge in [-0.15, -0.1) is 0 Å². The van der Waals surface area contributed by atoms with Crippen LogP contribution in [0.1, 0.15) is 21.5 Å². The molecule has 21 heavy (non-hydrogen) atoms. The van der Waals surface area contributed by atoms with Gasteiger partial charge in [-0.25, -0.2) is 4.39 Å². The van der Waals surface area contributed by atoms with Gasteiger partial charge in [0.2, 0.25) is 0 Å². The number of Topliss-reactive ketones (excluding diaryl/α,β-unsaturated/α-hetero) is 1. The van der Waals surface area contributed by atoms with Crippen LogP contribution in [0.4, 0.5) is 17.6 Å². The maximum Gasteiger partial charge on any atom is 0.416 e. The molecule has 0 spiro atoms. The number of hydrogen-bond donors (Lipinski definition) is 0. The zero-order chi connectivity index (χ0) is 15.6. The monoisotopic (exact) mass is 408 g/mol. The molecule has 0 saturated carbocycles. The molecular weight excluding hydrogens is 399 g/mol. The second-order valence-corrected chi connectivity index (χ2v) is 5.66. The molecule has 2 aromatic rings. The summed E-state index contributed by atoms with van der Waals surface area (Å²) in [6.45, 7) is 0. The van der Waals surface area contributed by atoms with Gasteiger partial charge in [0.15, 0.2) is 5.78 Å². The van der Waals surface area contributed by atoms with Crippen LogP contribution in [-0.4, -0.2) is 5.78 Å². The van der Waals surface area contributed by atoms with Crippen LogP contribution in [-0.2, 0) is 12.6 Å². The lowest BCUT2D eigenvalue weighted by atomic mass is 10.0. The molecule has 2 rings (SSSR count). The summed E-state index contributed by atoms with van der Waals surface area (Å²) in [6.07, 6.45) is -4.75. The van der Waals surface area contributed by atoms with E-state index in [0.717, 1.165) is 3.57 Å². The molecule has 0 aliphatic carbocycles. The van der Waals surface area contributed by atoms with Crippen molar-refractivity contribution in [3.63, 3.8) is 0 Å². The summed E-state index contributed by atoms with van der Waals surface area (Å²) >= 11 is 2.09. The number of carbonyl (C=O) groups is 1. The highest BCUT2D eigenvalue weighted by molar-refractivity contribution is 14.1. The predicted octanol–water partition coefficient (Wildman–Crippen LogP) is 4.87. The summed E-state index contributed by atoms with van der Waals surface area (Å²) in [4.78, 5) is 12.0. The highest BCUT2D eigenvalue weighted by atomic mass is 127. The van der Waals surface area contributed by atoms with Crippen molar-refractivity contribution in [2.75, 3.05) is 0 Å². The number of alkyl halides is 3. The molecule has 0 amide bonds. The van der Waals surface area contributed by atoms with Gasteiger partial charge in [-0.05, 0) is 58.5 Å². The number of hydrogen-bond acceptors (Lipinski definition) is 1. The lowest BCUT2D eigenvalue weighted by Gasteiger charge is -2.09. The zero-order valence-corrected chi connectivity index (χ0v) is 12.7. The fourth-order valence-corrected chi connectivity index (χ4v) is 2.16. The summed E-state index contributed by atoms with van der Waals surface area (Å²) in [7, 11) is 0. The Bertz CT molecular complexity index is 662. The van der Waals surface area contributed by atoms with Crippen molar-refractivity contribution in [1.82, 2.24) is 0 Å². The van der Waals surface area contributed by atoms with Crippen molar-refractivity contribution in [3.8, 4) is 0 Å². The molecule has 0 aliphatic rings. The van der Waals surface area contributed by atoms with Crippen LogP contribution < -0.4 is 0 Å². The van der Waals surface area contributed by atoms with Crippen LogP contribution in [0, 0.1) is 9.39 Å². The number of ketones is 1. The third-order valence-corrected chi connectivity index (χ3v) is 3.59. The smallest absolute Gasteiger partial charge is 0.294 e. The third-order valence-electron chi connectivity index (χ3n) is 2.87. The summed E-state index contributed by atoms with van der Waals surface area (Å²) in [5.74, 6) is -1.63. The van der Waals surface area contributed by atoms with E-state index in [1.54, 1.807) is 24.3 Å². The third kappa shape index (κ3) is 4.03. The molecule has 110 valence electrons. The predicted molar refractivity (Wildman–Crippen MR) is 78.6 cm³/mol. The van der Waals surface area contributed by atoms with Crippen LogP contribution in [0.25, 0.3) is 0 Å². The maximum absolute atomic E-state index is 13.6. The number of halogens is 5.